The molecule has 3 aromatic carbocycles. The molecule has 0 amide bonds. The van der Waals surface area contributed by atoms with Crippen molar-refractivity contribution in [1.82, 2.24) is 0 Å². The highest BCUT2D eigenvalue weighted by Crippen LogP contribution is 2.45. The predicted octanol–water partition coefficient (Wildman–Crippen LogP) is 7.90. The third kappa shape index (κ3) is 5.22. The summed E-state index contributed by atoms with van der Waals surface area (Å²) in [5, 5.41) is 5.15. The molecule has 1 heterocycles. The summed E-state index contributed by atoms with van der Waals surface area (Å²) >= 11 is 12.1. The van der Waals surface area contributed by atoms with Gasteiger partial charge in [-0.25, -0.2) is 0 Å². The summed E-state index contributed by atoms with van der Waals surface area (Å²) < 4.78 is 79.6. The first kappa shape index (κ1) is 25.6. The first-order valence-electron chi connectivity index (χ1n) is 10.2. The normalized spacial score (nSPS) is 17.4. The first-order chi connectivity index (χ1) is 16.4. The lowest BCUT2D eigenvalue weighted by Gasteiger charge is -2.25. The molecular weight excluding hydrogens is 530 g/mol. The van der Waals surface area contributed by atoms with Crippen LogP contribution < -0.4 is 5.01 Å². The molecule has 0 fully saturated rings. The fourth-order valence-electron chi connectivity index (χ4n) is 3.80. The Morgan fingerprint density at radius 3 is 2.11 bits per heavy atom. The Morgan fingerprint density at radius 1 is 0.914 bits per heavy atom. The molecule has 0 saturated heterocycles. The number of hydrazone groups is 1. The van der Waals surface area contributed by atoms with E-state index in [-0.39, 0.29) is 15.7 Å². The van der Waals surface area contributed by atoms with E-state index in [1.165, 1.54) is 18.2 Å². The smallest absolute Gasteiger partial charge is 0.257 e. The largest absolute Gasteiger partial charge is 0.459 e. The Hall–Kier alpha value is -2.49. The van der Waals surface area contributed by atoms with Crippen molar-refractivity contribution in [3.8, 4) is 11.1 Å². The van der Waals surface area contributed by atoms with Crippen molar-refractivity contribution in [2.45, 2.75) is 29.5 Å². The molecule has 0 N–H and O–H groups in total. The van der Waals surface area contributed by atoms with Crippen molar-refractivity contribution < 1.29 is 26.2 Å². The van der Waals surface area contributed by atoms with Crippen LogP contribution in [0.15, 0.2) is 76.7 Å². The molecule has 3 nitrogen and oxygen atoms in total. The van der Waals surface area contributed by atoms with Crippen molar-refractivity contribution in [1.29, 1.82) is 0 Å². The second kappa shape index (κ2) is 9.52. The molecule has 0 aliphatic carbocycles. The zero-order chi connectivity index (χ0) is 25.5. The topological polar surface area (TPSA) is 32.7 Å². The number of alkyl halides is 5. The van der Waals surface area contributed by atoms with E-state index in [0.29, 0.717) is 16.0 Å². The third-order valence-electron chi connectivity index (χ3n) is 5.53. The maximum absolute atomic E-state index is 14.3. The Balaban J connectivity index is 1.77. The molecule has 0 aromatic heterocycles. The van der Waals surface area contributed by atoms with E-state index in [1.807, 2.05) is 0 Å². The van der Waals surface area contributed by atoms with Crippen molar-refractivity contribution in [3.63, 3.8) is 0 Å². The van der Waals surface area contributed by atoms with Gasteiger partial charge in [-0.3, -0.25) is 9.22 Å². The van der Waals surface area contributed by atoms with E-state index in [0.717, 1.165) is 10.6 Å². The summed E-state index contributed by atoms with van der Waals surface area (Å²) in [6.07, 6.45) is -4.89. The van der Waals surface area contributed by atoms with Gasteiger partial charge >= 0.3 is 12.1 Å². The Bertz CT molecular complexity index is 1290. The SMILES string of the molecule is CS(=O)c1ccc(-c2cccc(C3CC(C(F)(F)C(F)(F)F)=NN3c3cc(Cl)cc(Cl)c3)c2)cc1. The minimum absolute atomic E-state index is 0.180. The Labute approximate surface area is 210 Å². The highest BCUT2D eigenvalue weighted by atomic mass is 35.5. The zero-order valence-corrected chi connectivity index (χ0v) is 20.3. The number of nitrogens with zero attached hydrogens (tertiary/aromatic N) is 2. The van der Waals surface area contributed by atoms with Crippen LogP contribution >= 0.6 is 23.2 Å². The van der Waals surface area contributed by atoms with Crippen LogP contribution in [0, 0.1) is 0 Å². The van der Waals surface area contributed by atoms with Gasteiger partial charge in [0.05, 0.1) is 11.7 Å². The van der Waals surface area contributed by atoms with Crippen LogP contribution in [0.1, 0.15) is 18.0 Å². The van der Waals surface area contributed by atoms with Gasteiger partial charge < -0.3 is 0 Å². The lowest BCUT2D eigenvalue weighted by atomic mass is 9.95. The summed E-state index contributed by atoms with van der Waals surface area (Å²) in [5.74, 6) is -5.11. The van der Waals surface area contributed by atoms with Crippen molar-refractivity contribution >= 4 is 45.4 Å². The van der Waals surface area contributed by atoms with Gasteiger partial charge in [-0.1, -0.05) is 53.5 Å². The minimum Gasteiger partial charge on any atom is -0.257 e. The minimum atomic E-state index is -5.79. The molecule has 2 atom stereocenters. The van der Waals surface area contributed by atoms with Crippen LogP contribution in [-0.4, -0.2) is 28.3 Å². The zero-order valence-electron chi connectivity index (χ0n) is 18.0. The van der Waals surface area contributed by atoms with Gasteiger partial charge in [0.15, 0.2) is 0 Å². The van der Waals surface area contributed by atoms with E-state index >= 15 is 0 Å². The average Bonchev–Trinajstić information content (AvgIpc) is 3.24. The molecule has 2 unspecified atom stereocenters. The molecule has 0 bridgehead atoms. The number of rotatable bonds is 5. The Morgan fingerprint density at radius 2 is 1.54 bits per heavy atom. The quantitative estimate of drug-likeness (QED) is 0.304. The molecule has 1 aliphatic rings. The number of hydrogen-bond donors (Lipinski definition) is 0. The molecule has 0 radical (unpaired) electrons. The highest BCUT2D eigenvalue weighted by Gasteiger charge is 2.62. The number of anilines is 1. The van der Waals surface area contributed by atoms with E-state index < -0.39 is 41.1 Å². The van der Waals surface area contributed by atoms with Crippen LogP contribution in [0.25, 0.3) is 11.1 Å². The summed E-state index contributed by atoms with van der Waals surface area (Å²) in [6.45, 7) is 0. The van der Waals surface area contributed by atoms with Gasteiger partial charge in [-0.05, 0) is 53.1 Å². The van der Waals surface area contributed by atoms with E-state index in [4.69, 9.17) is 23.2 Å². The van der Waals surface area contributed by atoms with Gasteiger partial charge in [0.1, 0.15) is 5.71 Å². The fraction of sp³-hybridized carbons (Fsp3) is 0.208. The molecule has 4 rings (SSSR count). The number of halogens is 7. The molecule has 1 aliphatic heterocycles. The van der Waals surface area contributed by atoms with Crippen LogP contribution in [0.4, 0.5) is 27.6 Å². The molecular formula is C24H17Cl2F5N2OS. The van der Waals surface area contributed by atoms with Crippen LogP contribution in [-0.2, 0) is 10.8 Å². The van der Waals surface area contributed by atoms with Crippen LogP contribution in [0.3, 0.4) is 0 Å². The van der Waals surface area contributed by atoms with Crippen molar-refractivity contribution in [2.75, 3.05) is 11.3 Å². The van der Waals surface area contributed by atoms with Crippen molar-refractivity contribution in [3.05, 3.63) is 82.3 Å². The molecule has 0 saturated carbocycles. The van der Waals surface area contributed by atoms with Crippen molar-refractivity contribution in [2.24, 2.45) is 5.10 Å². The Kier molecular flexibility index (Phi) is 6.96. The summed E-state index contributed by atoms with van der Waals surface area (Å²) in [7, 11) is -1.16. The first-order valence-corrected chi connectivity index (χ1v) is 12.5. The molecule has 184 valence electrons. The second-order valence-corrected chi connectivity index (χ2v) is 10.2. The number of hydrogen-bond acceptors (Lipinski definition) is 3. The molecule has 3 aromatic rings. The highest BCUT2D eigenvalue weighted by molar-refractivity contribution is 7.84. The molecule has 35 heavy (non-hydrogen) atoms. The van der Waals surface area contributed by atoms with Crippen LogP contribution in [0.5, 0.6) is 0 Å². The van der Waals surface area contributed by atoms with E-state index in [2.05, 4.69) is 5.10 Å². The van der Waals surface area contributed by atoms with Crippen LogP contribution in [0.2, 0.25) is 10.0 Å². The lowest BCUT2D eigenvalue weighted by molar-refractivity contribution is -0.249. The standard InChI is InChI=1S/C24H17Cl2F5N2OS/c1-35(34)20-7-5-14(6-8-20)15-3-2-4-16(9-15)21-13-22(23(27,28)24(29,30)31)32-33(21)19-11-17(25)10-18(26)12-19/h2-12,21H,13H2,1H3. The maximum atomic E-state index is 14.3. The van der Waals surface area contributed by atoms with E-state index in [9.17, 15) is 26.2 Å². The van der Waals surface area contributed by atoms with Gasteiger partial charge in [-0.15, -0.1) is 0 Å². The lowest BCUT2D eigenvalue weighted by Crippen LogP contribution is -2.43. The van der Waals surface area contributed by atoms with Gasteiger partial charge in [0.2, 0.25) is 0 Å². The fourth-order valence-corrected chi connectivity index (χ4v) is 4.83. The van der Waals surface area contributed by atoms with Gasteiger partial charge in [0.25, 0.3) is 0 Å². The third-order valence-corrected chi connectivity index (χ3v) is 6.90. The maximum Gasteiger partial charge on any atom is 0.459 e. The number of benzene rings is 3. The second-order valence-electron chi connectivity index (χ2n) is 7.91. The average molecular weight is 547 g/mol. The summed E-state index contributed by atoms with van der Waals surface area (Å²) in [5.41, 5.74) is 0.819. The van der Waals surface area contributed by atoms with Gasteiger partial charge in [0, 0.05) is 38.4 Å². The van der Waals surface area contributed by atoms with E-state index in [1.54, 1.807) is 54.8 Å². The summed E-state index contributed by atoms with van der Waals surface area (Å²) in [4.78, 5) is 0.636. The summed E-state index contributed by atoms with van der Waals surface area (Å²) in [6, 6.07) is 17.0. The molecule has 11 heteroatoms. The monoisotopic (exact) mass is 546 g/mol. The van der Waals surface area contributed by atoms with Gasteiger partial charge in [-0.2, -0.15) is 27.1 Å². The molecule has 0 spiro atoms. The predicted molar refractivity (Wildman–Crippen MR) is 129 cm³/mol.